The van der Waals surface area contributed by atoms with Crippen molar-refractivity contribution in [3.63, 3.8) is 0 Å². The Morgan fingerprint density at radius 2 is 1.46 bits per heavy atom. The molecule has 0 spiro atoms. The summed E-state index contributed by atoms with van der Waals surface area (Å²) < 4.78 is 75.7. The van der Waals surface area contributed by atoms with Gasteiger partial charge in [-0.25, -0.2) is 30.0 Å². The molecule has 2 unspecified atom stereocenters. The zero-order valence-corrected chi connectivity index (χ0v) is 16.4. The van der Waals surface area contributed by atoms with Gasteiger partial charge in [-0.1, -0.05) is 6.58 Å². The predicted octanol–water partition coefficient (Wildman–Crippen LogP) is -0.143. The topological polar surface area (TPSA) is 129 Å². The number of esters is 1. The van der Waals surface area contributed by atoms with Crippen LogP contribution in [0.5, 0.6) is 0 Å². The normalized spacial score (nSPS) is 25.0. The van der Waals surface area contributed by atoms with Crippen LogP contribution in [-0.4, -0.2) is 65.4 Å². The molecule has 0 aromatic heterocycles. The molecule has 0 saturated heterocycles. The molecule has 1 rings (SSSR count). The second kappa shape index (κ2) is 6.41. The van der Waals surface area contributed by atoms with Crippen LogP contribution in [0.3, 0.4) is 0 Å². The van der Waals surface area contributed by atoms with Crippen molar-refractivity contribution in [1.29, 1.82) is 0 Å². The molecule has 0 radical (unpaired) electrons. The molecule has 0 aromatic carbocycles. The van der Waals surface area contributed by atoms with Crippen LogP contribution in [0, 0.1) is 0 Å². The molecule has 1 saturated carbocycles. The van der Waals surface area contributed by atoms with Gasteiger partial charge in [-0.2, -0.15) is 0 Å². The Morgan fingerprint density at radius 1 is 1.00 bits per heavy atom. The maximum Gasteiger partial charge on any atom is 0.333 e. The zero-order chi connectivity index (χ0) is 19.1. The molecule has 0 heterocycles. The molecule has 24 heavy (non-hydrogen) atoms. The molecule has 0 bridgehead atoms. The number of carbonyl (C=O) groups excluding carboxylic acids is 1. The Balaban J connectivity index is 3.49. The van der Waals surface area contributed by atoms with E-state index in [1.807, 2.05) is 0 Å². The first kappa shape index (κ1) is 21.1. The van der Waals surface area contributed by atoms with Crippen LogP contribution in [0.2, 0.25) is 0 Å². The summed E-state index contributed by atoms with van der Waals surface area (Å²) in [7, 11) is -12.1. The van der Waals surface area contributed by atoms with Gasteiger partial charge in [-0.05, 0) is 13.3 Å². The highest BCUT2D eigenvalue weighted by Crippen LogP contribution is 2.42. The van der Waals surface area contributed by atoms with Crippen molar-refractivity contribution in [3.05, 3.63) is 12.2 Å². The molecule has 0 amide bonds. The summed E-state index contributed by atoms with van der Waals surface area (Å²) in [5.74, 6) is -0.829. The predicted molar refractivity (Wildman–Crippen MR) is 89.6 cm³/mol. The minimum atomic E-state index is -4.19. The summed E-state index contributed by atoms with van der Waals surface area (Å²) in [6.07, 6.45) is -0.0136. The van der Waals surface area contributed by atoms with Crippen LogP contribution in [0.15, 0.2) is 12.2 Å². The van der Waals surface area contributed by atoms with Gasteiger partial charge in [0, 0.05) is 37.2 Å². The molecule has 140 valence electrons. The first-order valence-electron chi connectivity index (χ1n) is 6.96. The molecular weight excluding hydrogens is 380 g/mol. The van der Waals surface area contributed by atoms with E-state index in [1.54, 1.807) is 0 Å². The molecule has 0 aliphatic heterocycles. The highest BCUT2D eigenvalue weighted by molar-refractivity contribution is 8.09. The first-order valence-corrected chi connectivity index (χ1v) is 12.7. The second-order valence-corrected chi connectivity index (χ2v) is 13.6. The lowest BCUT2D eigenvalue weighted by Gasteiger charge is -2.40. The fraction of sp³-hybridized carbons (Fsp3) is 0.769. The third kappa shape index (κ3) is 4.17. The maximum atomic E-state index is 12.3. The summed E-state index contributed by atoms with van der Waals surface area (Å²) in [5, 5.41) is -1.25. The Hall–Kier alpha value is -0.940. The molecule has 1 aliphatic rings. The lowest BCUT2D eigenvalue weighted by Crippen LogP contribution is -2.55. The maximum absolute atomic E-state index is 12.3. The summed E-state index contributed by atoms with van der Waals surface area (Å²) in [5.41, 5.74) is 0.0424. The van der Waals surface area contributed by atoms with E-state index in [0.717, 1.165) is 18.8 Å². The summed E-state index contributed by atoms with van der Waals surface area (Å²) in [6, 6.07) is 0. The largest absolute Gasteiger partial charge is 0.459 e. The van der Waals surface area contributed by atoms with E-state index in [0.29, 0.717) is 0 Å². The summed E-state index contributed by atoms with van der Waals surface area (Å²) in [6.45, 7) is 4.77. The van der Waals surface area contributed by atoms with E-state index < -0.39 is 63.8 Å². The van der Waals surface area contributed by atoms with Gasteiger partial charge in [0.1, 0.15) is 6.10 Å². The fourth-order valence-corrected chi connectivity index (χ4v) is 8.33. The van der Waals surface area contributed by atoms with Crippen molar-refractivity contribution in [1.82, 2.24) is 0 Å². The SMILES string of the molecule is C=C(C)C(=O)OC1CC(S(C)(=O)=O)CC(S(C)(=O)=O)(S(C)(=O)=O)C1. The molecule has 0 N–H and O–H groups in total. The fourth-order valence-electron chi connectivity index (χ4n) is 2.79. The van der Waals surface area contributed by atoms with E-state index in [9.17, 15) is 30.0 Å². The molecule has 1 aliphatic carbocycles. The third-order valence-electron chi connectivity index (χ3n) is 4.18. The van der Waals surface area contributed by atoms with Crippen LogP contribution in [0.25, 0.3) is 0 Å². The van der Waals surface area contributed by atoms with E-state index in [4.69, 9.17) is 4.74 Å². The summed E-state index contributed by atoms with van der Waals surface area (Å²) in [4.78, 5) is 11.7. The Morgan fingerprint density at radius 3 is 1.79 bits per heavy atom. The number of sulfone groups is 3. The van der Waals surface area contributed by atoms with Crippen molar-refractivity contribution in [3.8, 4) is 0 Å². The Labute approximate surface area is 143 Å². The molecule has 11 heteroatoms. The monoisotopic (exact) mass is 402 g/mol. The van der Waals surface area contributed by atoms with Gasteiger partial charge in [0.05, 0.1) is 5.25 Å². The van der Waals surface area contributed by atoms with Gasteiger partial charge in [0.25, 0.3) is 0 Å². The van der Waals surface area contributed by atoms with Crippen molar-refractivity contribution >= 4 is 35.5 Å². The highest BCUT2D eigenvalue weighted by Gasteiger charge is 2.57. The third-order valence-corrected chi connectivity index (χ3v) is 10.9. The first-order chi connectivity index (χ1) is 10.5. The minimum Gasteiger partial charge on any atom is -0.459 e. The van der Waals surface area contributed by atoms with Crippen LogP contribution in [-0.2, 0) is 39.0 Å². The average molecular weight is 403 g/mol. The minimum absolute atomic E-state index is 0.0424. The van der Waals surface area contributed by atoms with E-state index >= 15 is 0 Å². The smallest absolute Gasteiger partial charge is 0.333 e. The van der Waals surface area contributed by atoms with Gasteiger partial charge < -0.3 is 4.74 Å². The van der Waals surface area contributed by atoms with E-state index in [1.165, 1.54) is 6.92 Å². The highest BCUT2D eigenvalue weighted by atomic mass is 32.3. The van der Waals surface area contributed by atoms with Crippen LogP contribution < -0.4 is 0 Å². The van der Waals surface area contributed by atoms with Crippen molar-refractivity contribution in [2.45, 2.75) is 41.6 Å². The van der Waals surface area contributed by atoms with Crippen LogP contribution >= 0.6 is 0 Å². The van der Waals surface area contributed by atoms with Gasteiger partial charge in [-0.3, -0.25) is 0 Å². The molecule has 1 fully saturated rings. The van der Waals surface area contributed by atoms with E-state index in [2.05, 4.69) is 6.58 Å². The Bertz CT molecular complexity index is 817. The second-order valence-electron chi connectivity index (χ2n) is 6.36. The standard InChI is InChI=1S/C13H22O8S3/c1-9(2)12(14)21-10-6-11(22(3,15)16)8-13(7-10,23(4,17)18)24(5,19)20/h10-11H,1,6-8H2,2-5H3. The average Bonchev–Trinajstić information content (AvgIpc) is 2.34. The van der Waals surface area contributed by atoms with Gasteiger partial charge in [0.15, 0.2) is 33.6 Å². The van der Waals surface area contributed by atoms with E-state index in [-0.39, 0.29) is 12.0 Å². The lowest BCUT2D eigenvalue weighted by molar-refractivity contribution is -0.145. The lowest BCUT2D eigenvalue weighted by atomic mass is 9.95. The number of hydrogen-bond acceptors (Lipinski definition) is 8. The van der Waals surface area contributed by atoms with Crippen molar-refractivity contribution < 1.29 is 34.8 Å². The van der Waals surface area contributed by atoms with Gasteiger partial charge in [0.2, 0.25) is 0 Å². The van der Waals surface area contributed by atoms with Crippen LogP contribution in [0.4, 0.5) is 0 Å². The number of hydrogen-bond donors (Lipinski definition) is 0. The zero-order valence-electron chi connectivity index (χ0n) is 14.0. The number of ether oxygens (including phenoxy) is 1. The van der Waals surface area contributed by atoms with Crippen molar-refractivity contribution in [2.75, 3.05) is 18.8 Å². The summed E-state index contributed by atoms with van der Waals surface area (Å²) >= 11 is 0. The molecule has 2 atom stereocenters. The van der Waals surface area contributed by atoms with Gasteiger partial charge >= 0.3 is 5.97 Å². The Kier molecular flexibility index (Phi) is 5.64. The molecular formula is C13H22O8S3. The van der Waals surface area contributed by atoms with Gasteiger partial charge in [-0.15, -0.1) is 0 Å². The van der Waals surface area contributed by atoms with Crippen LogP contribution in [0.1, 0.15) is 26.2 Å². The molecule has 0 aromatic rings. The number of carbonyl (C=O) groups is 1. The van der Waals surface area contributed by atoms with Crippen molar-refractivity contribution in [2.24, 2.45) is 0 Å². The number of rotatable bonds is 5. The molecule has 8 nitrogen and oxygen atoms in total. The quantitative estimate of drug-likeness (QED) is 0.459.